The van der Waals surface area contributed by atoms with E-state index in [1.807, 2.05) is 30.3 Å². The largest absolute Gasteiger partial charge is 0.326 e. The average Bonchev–Trinajstić information content (AvgIpc) is 2.47. The SMILES string of the molecule is CC(C)Cc1ccc(CCC(=O)Nc2ccccc2)cc1. The molecule has 0 saturated carbocycles. The molecule has 0 bridgehead atoms. The first-order chi connectivity index (χ1) is 10.1. The Labute approximate surface area is 127 Å². The van der Waals surface area contributed by atoms with Crippen LogP contribution in [0.25, 0.3) is 0 Å². The van der Waals surface area contributed by atoms with E-state index >= 15 is 0 Å². The number of carbonyl (C=O) groups is 1. The van der Waals surface area contributed by atoms with Crippen LogP contribution in [0.5, 0.6) is 0 Å². The highest BCUT2D eigenvalue weighted by Crippen LogP contribution is 2.12. The zero-order chi connectivity index (χ0) is 15.1. The number of nitrogens with one attached hydrogen (secondary N) is 1. The van der Waals surface area contributed by atoms with Gasteiger partial charge < -0.3 is 5.32 Å². The third kappa shape index (κ3) is 5.42. The van der Waals surface area contributed by atoms with Gasteiger partial charge in [-0.15, -0.1) is 0 Å². The van der Waals surface area contributed by atoms with E-state index in [0.29, 0.717) is 12.3 Å². The molecule has 0 radical (unpaired) electrons. The Morgan fingerprint density at radius 1 is 0.952 bits per heavy atom. The van der Waals surface area contributed by atoms with E-state index in [1.165, 1.54) is 11.1 Å². The fraction of sp³-hybridized carbons (Fsp3) is 0.316. The van der Waals surface area contributed by atoms with Gasteiger partial charge in [0.05, 0.1) is 0 Å². The minimum atomic E-state index is 0.0625. The Kier molecular flexibility index (Phi) is 5.56. The number of hydrogen-bond donors (Lipinski definition) is 1. The molecule has 2 rings (SSSR count). The van der Waals surface area contributed by atoms with Gasteiger partial charge in [-0.25, -0.2) is 0 Å². The van der Waals surface area contributed by atoms with E-state index in [-0.39, 0.29) is 5.91 Å². The minimum absolute atomic E-state index is 0.0625. The molecule has 0 aliphatic heterocycles. The lowest BCUT2D eigenvalue weighted by molar-refractivity contribution is -0.116. The van der Waals surface area contributed by atoms with E-state index in [9.17, 15) is 4.79 Å². The van der Waals surface area contributed by atoms with Gasteiger partial charge in [0.2, 0.25) is 5.91 Å². The Bertz CT molecular complexity index is 558. The fourth-order valence-corrected chi connectivity index (χ4v) is 2.32. The molecule has 110 valence electrons. The zero-order valence-corrected chi connectivity index (χ0v) is 12.8. The Morgan fingerprint density at radius 3 is 2.19 bits per heavy atom. The number of rotatable bonds is 6. The van der Waals surface area contributed by atoms with Crippen LogP contribution in [-0.2, 0) is 17.6 Å². The number of amides is 1. The maximum Gasteiger partial charge on any atom is 0.224 e. The second-order valence-corrected chi connectivity index (χ2v) is 5.83. The van der Waals surface area contributed by atoms with Crippen molar-refractivity contribution in [2.75, 3.05) is 5.32 Å². The van der Waals surface area contributed by atoms with Gasteiger partial charge >= 0.3 is 0 Å². The number of hydrogen-bond acceptors (Lipinski definition) is 1. The first-order valence-corrected chi connectivity index (χ1v) is 7.56. The number of anilines is 1. The topological polar surface area (TPSA) is 29.1 Å². The van der Waals surface area contributed by atoms with E-state index in [0.717, 1.165) is 18.5 Å². The van der Waals surface area contributed by atoms with Crippen LogP contribution in [0.2, 0.25) is 0 Å². The monoisotopic (exact) mass is 281 g/mol. The molecular formula is C19H23NO. The first kappa shape index (κ1) is 15.3. The second-order valence-electron chi connectivity index (χ2n) is 5.83. The molecule has 0 spiro atoms. The molecule has 1 amide bonds. The van der Waals surface area contributed by atoms with Crippen molar-refractivity contribution in [3.63, 3.8) is 0 Å². The summed E-state index contributed by atoms with van der Waals surface area (Å²) in [7, 11) is 0. The third-order valence-corrected chi connectivity index (χ3v) is 3.37. The zero-order valence-electron chi connectivity index (χ0n) is 12.8. The molecule has 2 aromatic carbocycles. The highest BCUT2D eigenvalue weighted by atomic mass is 16.1. The lowest BCUT2D eigenvalue weighted by Crippen LogP contribution is -2.12. The summed E-state index contributed by atoms with van der Waals surface area (Å²) in [5, 5.41) is 2.91. The predicted octanol–water partition coefficient (Wildman–Crippen LogP) is 4.46. The summed E-state index contributed by atoms with van der Waals surface area (Å²) < 4.78 is 0. The maximum absolute atomic E-state index is 11.9. The van der Waals surface area contributed by atoms with Crippen LogP contribution in [0.4, 0.5) is 5.69 Å². The lowest BCUT2D eigenvalue weighted by Gasteiger charge is -2.07. The highest BCUT2D eigenvalue weighted by molar-refractivity contribution is 5.90. The van der Waals surface area contributed by atoms with Crippen LogP contribution in [-0.4, -0.2) is 5.91 Å². The fourth-order valence-electron chi connectivity index (χ4n) is 2.32. The van der Waals surface area contributed by atoms with Crippen molar-refractivity contribution < 1.29 is 4.79 Å². The van der Waals surface area contributed by atoms with Crippen LogP contribution in [0.3, 0.4) is 0 Å². The van der Waals surface area contributed by atoms with Gasteiger partial charge in [-0.05, 0) is 42.0 Å². The molecule has 0 heterocycles. The minimum Gasteiger partial charge on any atom is -0.326 e. The molecule has 0 unspecified atom stereocenters. The molecule has 2 nitrogen and oxygen atoms in total. The standard InChI is InChI=1S/C19H23NO/c1-15(2)14-17-10-8-16(9-11-17)12-13-19(21)20-18-6-4-3-5-7-18/h3-11,15H,12-14H2,1-2H3,(H,20,21). The van der Waals surface area contributed by atoms with E-state index in [4.69, 9.17) is 0 Å². The quantitative estimate of drug-likeness (QED) is 0.832. The molecule has 2 aromatic rings. The lowest BCUT2D eigenvalue weighted by atomic mass is 10.0. The molecule has 2 heteroatoms. The normalized spacial score (nSPS) is 10.6. The Hall–Kier alpha value is -2.09. The number of benzene rings is 2. The predicted molar refractivity (Wildman–Crippen MR) is 88.4 cm³/mol. The molecule has 0 fully saturated rings. The summed E-state index contributed by atoms with van der Waals surface area (Å²) in [6.45, 7) is 4.45. The maximum atomic E-state index is 11.9. The van der Waals surface area contributed by atoms with Gasteiger partial charge in [-0.3, -0.25) is 4.79 Å². The molecule has 0 atom stereocenters. The summed E-state index contributed by atoms with van der Waals surface area (Å²) in [6.07, 6.45) is 2.40. The third-order valence-electron chi connectivity index (χ3n) is 3.37. The summed E-state index contributed by atoms with van der Waals surface area (Å²) in [5.41, 5.74) is 3.43. The summed E-state index contributed by atoms with van der Waals surface area (Å²) >= 11 is 0. The smallest absolute Gasteiger partial charge is 0.224 e. The Morgan fingerprint density at radius 2 is 1.57 bits per heavy atom. The van der Waals surface area contributed by atoms with Crippen molar-refractivity contribution in [3.05, 3.63) is 65.7 Å². The molecule has 21 heavy (non-hydrogen) atoms. The molecule has 0 saturated heterocycles. The van der Waals surface area contributed by atoms with Crippen molar-refractivity contribution in [1.82, 2.24) is 0 Å². The molecule has 0 aliphatic rings. The van der Waals surface area contributed by atoms with Crippen LogP contribution in [0.15, 0.2) is 54.6 Å². The summed E-state index contributed by atoms with van der Waals surface area (Å²) in [4.78, 5) is 11.9. The van der Waals surface area contributed by atoms with Gasteiger partial charge in [0.25, 0.3) is 0 Å². The average molecular weight is 281 g/mol. The molecule has 0 aliphatic carbocycles. The van der Waals surface area contributed by atoms with Crippen LogP contribution in [0, 0.1) is 5.92 Å². The van der Waals surface area contributed by atoms with Crippen LogP contribution < -0.4 is 5.32 Å². The van der Waals surface area contributed by atoms with Gasteiger partial charge in [-0.2, -0.15) is 0 Å². The number of para-hydroxylation sites is 1. The van der Waals surface area contributed by atoms with E-state index in [1.54, 1.807) is 0 Å². The second kappa shape index (κ2) is 7.63. The van der Waals surface area contributed by atoms with E-state index < -0.39 is 0 Å². The van der Waals surface area contributed by atoms with Crippen molar-refractivity contribution in [2.24, 2.45) is 5.92 Å². The summed E-state index contributed by atoms with van der Waals surface area (Å²) in [5.74, 6) is 0.736. The van der Waals surface area contributed by atoms with Crippen LogP contribution >= 0.6 is 0 Å². The van der Waals surface area contributed by atoms with Crippen molar-refractivity contribution in [1.29, 1.82) is 0 Å². The molecule has 0 aromatic heterocycles. The van der Waals surface area contributed by atoms with Crippen molar-refractivity contribution in [3.8, 4) is 0 Å². The highest BCUT2D eigenvalue weighted by Gasteiger charge is 2.03. The van der Waals surface area contributed by atoms with Gasteiger partial charge in [0, 0.05) is 12.1 Å². The van der Waals surface area contributed by atoms with Crippen molar-refractivity contribution in [2.45, 2.75) is 33.1 Å². The van der Waals surface area contributed by atoms with Gasteiger partial charge in [0.15, 0.2) is 0 Å². The Balaban J connectivity index is 1.81. The van der Waals surface area contributed by atoms with Gasteiger partial charge in [0.1, 0.15) is 0 Å². The number of aryl methyl sites for hydroxylation is 1. The summed E-state index contributed by atoms with van der Waals surface area (Å²) in [6, 6.07) is 18.2. The van der Waals surface area contributed by atoms with Crippen LogP contribution in [0.1, 0.15) is 31.4 Å². The van der Waals surface area contributed by atoms with Crippen molar-refractivity contribution >= 4 is 11.6 Å². The first-order valence-electron chi connectivity index (χ1n) is 7.56. The molecule has 1 N–H and O–H groups in total. The molecular weight excluding hydrogens is 258 g/mol. The number of carbonyl (C=O) groups excluding carboxylic acids is 1. The van der Waals surface area contributed by atoms with E-state index in [2.05, 4.69) is 43.4 Å². The van der Waals surface area contributed by atoms with Gasteiger partial charge in [-0.1, -0.05) is 56.3 Å².